The van der Waals surface area contributed by atoms with Crippen molar-refractivity contribution >= 4 is 11.9 Å². The van der Waals surface area contributed by atoms with E-state index in [0.29, 0.717) is 19.6 Å². The van der Waals surface area contributed by atoms with Crippen LogP contribution in [0.25, 0.3) is 0 Å². The van der Waals surface area contributed by atoms with Crippen molar-refractivity contribution < 1.29 is 24.2 Å². The number of fused-ring (bicyclic) bond motifs is 2. The van der Waals surface area contributed by atoms with Crippen molar-refractivity contribution in [3.05, 3.63) is 35.9 Å². The summed E-state index contributed by atoms with van der Waals surface area (Å²) in [5.41, 5.74) is 0.933. The summed E-state index contributed by atoms with van der Waals surface area (Å²) in [7, 11) is 0. The molecule has 0 aliphatic carbocycles. The van der Waals surface area contributed by atoms with Crippen LogP contribution in [0, 0.1) is 11.8 Å². The first-order valence-electron chi connectivity index (χ1n) is 10.2. The maximum Gasteiger partial charge on any atom is 0.312 e. The zero-order valence-electron chi connectivity index (χ0n) is 16.0. The van der Waals surface area contributed by atoms with Crippen LogP contribution in [0.3, 0.4) is 0 Å². The molecule has 1 aromatic rings. The summed E-state index contributed by atoms with van der Waals surface area (Å²) in [6.07, 6.45) is 1.25. The third-order valence-electron chi connectivity index (χ3n) is 6.15. The Morgan fingerprint density at radius 3 is 2.39 bits per heavy atom. The van der Waals surface area contributed by atoms with E-state index in [1.54, 1.807) is 0 Å². The monoisotopic (exact) mass is 388 g/mol. The Hall–Kier alpha value is -1.96. The van der Waals surface area contributed by atoms with E-state index in [1.807, 2.05) is 35.2 Å². The molecule has 0 spiro atoms. The molecular formula is C21H28N2O5. The lowest BCUT2D eigenvalue weighted by Gasteiger charge is -2.37. The number of carbonyl (C=O) groups is 2. The minimum absolute atomic E-state index is 0.0116. The van der Waals surface area contributed by atoms with Crippen molar-refractivity contribution in [2.45, 2.75) is 31.7 Å². The first-order chi connectivity index (χ1) is 13.7. The van der Waals surface area contributed by atoms with Crippen LogP contribution >= 0.6 is 0 Å². The summed E-state index contributed by atoms with van der Waals surface area (Å²) >= 11 is 0. The highest BCUT2D eigenvalue weighted by Gasteiger charge is 2.57. The van der Waals surface area contributed by atoms with E-state index in [4.69, 9.17) is 14.6 Å². The van der Waals surface area contributed by atoms with Gasteiger partial charge in [0.15, 0.2) is 0 Å². The largest absolute Gasteiger partial charge is 0.461 e. The summed E-state index contributed by atoms with van der Waals surface area (Å²) < 4.78 is 11.5. The predicted octanol–water partition coefficient (Wildman–Crippen LogP) is 0.660. The molecule has 1 N–H and O–H groups in total. The van der Waals surface area contributed by atoms with E-state index in [1.165, 1.54) is 0 Å². The molecule has 4 atom stereocenters. The third-order valence-corrected chi connectivity index (χ3v) is 6.15. The molecule has 3 fully saturated rings. The Morgan fingerprint density at radius 1 is 1.04 bits per heavy atom. The molecule has 3 heterocycles. The van der Waals surface area contributed by atoms with Gasteiger partial charge in [0.25, 0.3) is 0 Å². The van der Waals surface area contributed by atoms with Gasteiger partial charge in [-0.1, -0.05) is 30.3 Å². The van der Waals surface area contributed by atoms with Crippen LogP contribution in [0.1, 0.15) is 18.4 Å². The topological polar surface area (TPSA) is 79.3 Å². The van der Waals surface area contributed by atoms with Gasteiger partial charge in [0.1, 0.15) is 6.61 Å². The lowest BCUT2D eigenvalue weighted by atomic mass is 9.78. The van der Waals surface area contributed by atoms with Gasteiger partial charge >= 0.3 is 5.97 Å². The SMILES string of the molecule is O=C(OCc1ccccc1)C1C2CCC(O2)C1C(=O)N1CCN(CCO)CC1. The number of carbonyl (C=O) groups excluding carboxylic acids is 2. The van der Waals surface area contributed by atoms with E-state index in [2.05, 4.69) is 4.90 Å². The second-order valence-electron chi connectivity index (χ2n) is 7.83. The number of nitrogens with zero attached hydrogens (tertiary/aromatic N) is 2. The van der Waals surface area contributed by atoms with Crippen LogP contribution in [0.15, 0.2) is 30.3 Å². The van der Waals surface area contributed by atoms with Gasteiger partial charge in [-0.3, -0.25) is 14.5 Å². The molecule has 7 nitrogen and oxygen atoms in total. The average Bonchev–Trinajstić information content (AvgIpc) is 3.35. The van der Waals surface area contributed by atoms with Crippen LogP contribution < -0.4 is 0 Å². The maximum atomic E-state index is 13.2. The first kappa shape index (κ1) is 19.4. The third kappa shape index (κ3) is 3.92. The molecule has 2 bridgehead atoms. The van der Waals surface area contributed by atoms with Gasteiger partial charge < -0.3 is 19.5 Å². The van der Waals surface area contributed by atoms with Crippen molar-refractivity contribution in [1.29, 1.82) is 0 Å². The average molecular weight is 388 g/mol. The fraction of sp³-hybridized carbons (Fsp3) is 0.619. The van der Waals surface area contributed by atoms with E-state index in [9.17, 15) is 9.59 Å². The summed E-state index contributed by atoms with van der Waals surface area (Å²) in [6.45, 7) is 3.72. The fourth-order valence-electron chi connectivity index (χ4n) is 4.66. The minimum atomic E-state index is -0.509. The van der Waals surface area contributed by atoms with Gasteiger partial charge in [0.2, 0.25) is 5.91 Å². The molecule has 1 aromatic carbocycles. The molecule has 1 amide bonds. The van der Waals surface area contributed by atoms with E-state index in [0.717, 1.165) is 31.5 Å². The Morgan fingerprint density at radius 2 is 1.71 bits per heavy atom. The summed E-state index contributed by atoms with van der Waals surface area (Å²) in [5, 5.41) is 9.08. The number of benzene rings is 1. The lowest BCUT2D eigenvalue weighted by Crippen LogP contribution is -2.53. The van der Waals surface area contributed by atoms with Crippen molar-refractivity contribution in [2.75, 3.05) is 39.3 Å². The number of amides is 1. The molecule has 7 heteroatoms. The lowest BCUT2D eigenvalue weighted by molar-refractivity contribution is -0.157. The zero-order valence-corrected chi connectivity index (χ0v) is 16.0. The van der Waals surface area contributed by atoms with Gasteiger partial charge in [0.05, 0.1) is 30.7 Å². The first-order valence-corrected chi connectivity index (χ1v) is 10.2. The number of piperazine rings is 1. The predicted molar refractivity (Wildman–Crippen MR) is 101 cm³/mol. The summed E-state index contributed by atoms with van der Waals surface area (Å²) in [6, 6.07) is 9.57. The zero-order chi connectivity index (χ0) is 19.5. The van der Waals surface area contributed by atoms with Crippen LogP contribution in [0.5, 0.6) is 0 Å². The number of hydrogen-bond donors (Lipinski definition) is 1. The van der Waals surface area contributed by atoms with E-state index >= 15 is 0 Å². The Labute approximate surface area is 165 Å². The molecule has 3 aliphatic rings. The standard InChI is InChI=1S/C21H28N2O5/c24-13-12-22-8-10-23(11-9-22)20(25)18-16-6-7-17(28-16)19(18)21(26)27-14-15-4-2-1-3-5-15/h1-5,16-19,24H,6-14H2. The molecule has 152 valence electrons. The van der Waals surface area contributed by atoms with Crippen molar-refractivity contribution in [2.24, 2.45) is 11.8 Å². The Balaban J connectivity index is 1.39. The molecule has 3 aliphatic heterocycles. The maximum absolute atomic E-state index is 13.2. The normalized spacial score (nSPS) is 29.8. The molecule has 4 unspecified atom stereocenters. The van der Waals surface area contributed by atoms with Gasteiger partial charge in [-0.05, 0) is 18.4 Å². The van der Waals surface area contributed by atoms with Gasteiger partial charge in [-0.2, -0.15) is 0 Å². The van der Waals surface area contributed by atoms with Gasteiger partial charge in [-0.15, -0.1) is 0 Å². The molecule has 4 rings (SSSR count). The number of aliphatic hydroxyl groups excluding tert-OH is 1. The summed E-state index contributed by atoms with van der Waals surface area (Å²) in [4.78, 5) is 30.0. The van der Waals surface area contributed by atoms with E-state index < -0.39 is 11.8 Å². The van der Waals surface area contributed by atoms with Gasteiger partial charge in [-0.25, -0.2) is 0 Å². The second kappa shape index (κ2) is 8.59. The number of esters is 1. The van der Waals surface area contributed by atoms with Crippen LogP contribution in [0.2, 0.25) is 0 Å². The van der Waals surface area contributed by atoms with E-state index in [-0.39, 0.29) is 37.3 Å². The molecular weight excluding hydrogens is 360 g/mol. The number of aliphatic hydroxyl groups is 1. The molecule has 0 saturated carbocycles. The fourth-order valence-corrected chi connectivity index (χ4v) is 4.66. The smallest absolute Gasteiger partial charge is 0.312 e. The Bertz CT molecular complexity index is 689. The number of β-amino-alcohol motifs (C(OH)–C–C–N with tert-alkyl or cyclic N) is 1. The van der Waals surface area contributed by atoms with Gasteiger partial charge in [0, 0.05) is 32.7 Å². The van der Waals surface area contributed by atoms with Crippen molar-refractivity contribution in [3.63, 3.8) is 0 Å². The second-order valence-corrected chi connectivity index (χ2v) is 7.83. The molecule has 28 heavy (non-hydrogen) atoms. The van der Waals surface area contributed by atoms with Crippen molar-refractivity contribution in [3.8, 4) is 0 Å². The van der Waals surface area contributed by atoms with Crippen molar-refractivity contribution in [1.82, 2.24) is 9.80 Å². The quantitative estimate of drug-likeness (QED) is 0.722. The highest BCUT2D eigenvalue weighted by atomic mass is 16.5. The highest BCUT2D eigenvalue weighted by Crippen LogP contribution is 2.45. The highest BCUT2D eigenvalue weighted by molar-refractivity contribution is 5.87. The number of rotatable bonds is 6. The Kier molecular flexibility index (Phi) is 5.94. The summed E-state index contributed by atoms with van der Waals surface area (Å²) in [5.74, 6) is -1.26. The number of hydrogen-bond acceptors (Lipinski definition) is 6. The minimum Gasteiger partial charge on any atom is -0.461 e. The van der Waals surface area contributed by atoms with Crippen LogP contribution in [-0.2, 0) is 25.7 Å². The molecule has 0 radical (unpaired) electrons. The van der Waals surface area contributed by atoms with Crippen LogP contribution in [0.4, 0.5) is 0 Å². The number of ether oxygens (including phenoxy) is 2. The van der Waals surface area contributed by atoms with Crippen LogP contribution in [-0.4, -0.2) is 78.3 Å². The molecule has 0 aromatic heterocycles. The molecule has 3 saturated heterocycles.